The number of fused-ring (bicyclic) bond motifs is 1. The van der Waals surface area contributed by atoms with Gasteiger partial charge in [0, 0.05) is 68.9 Å². The summed E-state index contributed by atoms with van der Waals surface area (Å²) in [6, 6.07) is 15.9. The van der Waals surface area contributed by atoms with E-state index in [0.29, 0.717) is 42.2 Å². The quantitative estimate of drug-likeness (QED) is 0.609. The molecular formula is C29H37N5O2. The van der Waals surface area contributed by atoms with Gasteiger partial charge in [-0.05, 0) is 36.6 Å². The molecule has 0 bridgehead atoms. The Morgan fingerprint density at radius 1 is 0.972 bits per heavy atom. The fraction of sp³-hybridized carbons (Fsp3) is 0.414. The number of hydrogen-bond acceptors (Lipinski definition) is 5. The van der Waals surface area contributed by atoms with Gasteiger partial charge in [0.25, 0.3) is 5.91 Å². The lowest BCUT2D eigenvalue weighted by atomic mass is 10.0. The Kier molecular flexibility index (Phi) is 8.54. The maximum Gasteiger partial charge on any atom is 0.254 e. The van der Waals surface area contributed by atoms with Crippen LogP contribution >= 0.6 is 0 Å². The summed E-state index contributed by atoms with van der Waals surface area (Å²) < 4.78 is 0. The lowest BCUT2D eigenvalue weighted by Gasteiger charge is -2.34. The molecule has 36 heavy (non-hydrogen) atoms. The molecule has 0 aliphatic carbocycles. The summed E-state index contributed by atoms with van der Waals surface area (Å²) in [5, 5.41) is 0. The molecule has 1 fully saturated rings. The van der Waals surface area contributed by atoms with E-state index in [4.69, 9.17) is 5.73 Å². The molecule has 1 saturated heterocycles. The van der Waals surface area contributed by atoms with Crippen LogP contribution in [-0.2, 0) is 11.3 Å². The van der Waals surface area contributed by atoms with Crippen molar-refractivity contribution in [3.05, 3.63) is 70.8 Å². The normalized spacial score (nSPS) is 16.0. The van der Waals surface area contributed by atoms with Gasteiger partial charge in [-0.1, -0.05) is 50.2 Å². The number of hydrogen-bond donors (Lipinski definition) is 1. The van der Waals surface area contributed by atoms with Gasteiger partial charge in [-0.25, -0.2) is 4.99 Å². The SMILES string of the molecule is CCCN(CCC)C(=O)C1=Cc2ccc(C(=O)N3CCN(Cc4ccccc4)CC3)cc2N=C(N)C1. The second kappa shape index (κ2) is 12.0. The van der Waals surface area contributed by atoms with Crippen molar-refractivity contribution in [1.82, 2.24) is 14.7 Å². The molecule has 7 nitrogen and oxygen atoms in total. The van der Waals surface area contributed by atoms with Crippen LogP contribution in [0.4, 0.5) is 5.69 Å². The van der Waals surface area contributed by atoms with Gasteiger partial charge in [0.05, 0.1) is 5.69 Å². The third-order valence-corrected chi connectivity index (χ3v) is 6.70. The second-order valence-corrected chi connectivity index (χ2v) is 9.57. The van der Waals surface area contributed by atoms with Gasteiger partial charge in [0.2, 0.25) is 5.91 Å². The zero-order chi connectivity index (χ0) is 25.5. The molecule has 0 spiro atoms. The van der Waals surface area contributed by atoms with E-state index in [0.717, 1.165) is 51.1 Å². The Morgan fingerprint density at radius 3 is 2.33 bits per heavy atom. The highest BCUT2D eigenvalue weighted by Gasteiger charge is 2.24. The zero-order valence-electron chi connectivity index (χ0n) is 21.4. The molecule has 2 aliphatic rings. The number of nitrogens with zero attached hydrogens (tertiary/aromatic N) is 4. The number of carbonyl (C=O) groups excluding carboxylic acids is 2. The molecular weight excluding hydrogens is 450 g/mol. The minimum absolute atomic E-state index is 0.00697. The van der Waals surface area contributed by atoms with Gasteiger partial charge in [-0.15, -0.1) is 0 Å². The molecule has 2 amide bonds. The van der Waals surface area contributed by atoms with Gasteiger partial charge in [-0.2, -0.15) is 0 Å². The van der Waals surface area contributed by atoms with Crippen LogP contribution in [0.25, 0.3) is 6.08 Å². The van der Waals surface area contributed by atoms with Crippen LogP contribution in [0.2, 0.25) is 0 Å². The fourth-order valence-corrected chi connectivity index (χ4v) is 4.85. The molecule has 2 aliphatic heterocycles. The smallest absolute Gasteiger partial charge is 0.254 e. The van der Waals surface area contributed by atoms with Crippen LogP contribution in [0.1, 0.15) is 54.6 Å². The van der Waals surface area contributed by atoms with Crippen molar-refractivity contribution >= 4 is 29.4 Å². The largest absolute Gasteiger partial charge is 0.387 e. The number of benzene rings is 2. The molecule has 0 unspecified atom stereocenters. The first-order valence-corrected chi connectivity index (χ1v) is 13.0. The Morgan fingerprint density at radius 2 is 1.67 bits per heavy atom. The summed E-state index contributed by atoms with van der Waals surface area (Å²) in [6.45, 7) is 9.56. The minimum atomic E-state index is 0.00697. The number of piperazine rings is 1. The number of carbonyl (C=O) groups is 2. The molecule has 0 radical (unpaired) electrons. The maximum atomic E-state index is 13.3. The van der Waals surface area contributed by atoms with Crippen molar-refractivity contribution in [2.75, 3.05) is 39.3 Å². The van der Waals surface area contributed by atoms with Crippen LogP contribution in [-0.4, -0.2) is 71.6 Å². The van der Waals surface area contributed by atoms with Crippen molar-refractivity contribution in [3.63, 3.8) is 0 Å². The van der Waals surface area contributed by atoms with Crippen molar-refractivity contribution < 1.29 is 9.59 Å². The topological polar surface area (TPSA) is 82.2 Å². The molecule has 7 heteroatoms. The van der Waals surface area contributed by atoms with Crippen LogP contribution < -0.4 is 5.73 Å². The second-order valence-electron chi connectivity index (χ2n) is 9.57. The van der Waals surface area contributed by atoms with E-state index in [2.05, 4.69) is 48.0 Å². The predicted molar refractivity (Wildman–Crippen MR) is 145 cm³/mol. The summed E-state index contributed by atoms with van der Waals surface area (Å²) in [7, 11) is 0. The van der Waals surface area contributed by atoms with E-state index in [1.807, 2.05) is 34.1 Å². The molecule has 190 valence electrons. The monoisotopic (exact) mass is 487 g/mol. The molecule has 0 atom stereocenters. The van der Waals surface area contributed by atoms with Crippen LogP contribution in [0.5, 0.6) is 0 Å². The molecule has 2 heterocycles. The Bertz CT molecular complexity index is 1130. The summed E-state index contributed by atoms with van der Waals surface area (Å²) >= 11 is 0. The first kappa shape index (κ1) is 25.6. The highest BCUT2D eigenvalue weighted by Crippen LogP contribution is 2.29. The van der Waals surface area contributed by atoms with Gasteiger partial charge >= 0.3 is 0 Å². The van der Waals surface area contributed by atoms with Crippen LogP contribution in [0.3, 0.4) is 0 Å². The third kappa shape index (κ3) is 6.21. The van der Waals surface area contributed by atoms with E-state index in [-0.39, 0.29) is 11.8 Å². The Hall–Kier alpha value is -3.45. The molecule has 0 saturated carbocycles. The van der Waals surface area contributed by atoms with Gasteiger partial charge < -0.3 is 15.5 Å². The Labute approximate surface area is 214 Å². The average molecular weight is 488 g/mol. The lowest BCUT2D eigenvalue weighted by molar-refractivity contribution is -0.127. The fourth-order valence-electron chi connectivity index (χ4n) is 4.85. The van der Waals surface area contributed by atoms with Crippen molar-refractivity contribution in [1.29, 1.82) is 0 Å². The molecule has 4 rings (SSSR count). The number of amides is 2. The van der Waals surface area contributed by atoms with E-state index in [1.54, 1.807) is 6.07 Å². The summed E-state index contributed by atoms with van der Waals surface area (Å²) in [5.41, 5.74) is 10.2. The molecule has 2 N–H and O–H groups in total. The van der Waals surface area contributed by atoms with Crippen LogP contribution in [0, 0.1) is 0 Å². The zero-order valence-corrected chi connectivity index (χ0v) is 21.4. The first-order chi connectivity index (χ1) is 17.5. The van der Waals surface area contributed by atoms with Gasteiger partial charge in [0.15, 0.2) is 0 Å². The Balaban J connectivity index is 1.45. The van der Waals surface area contributed by atoms with E-state index >= 15 is 0 Å². The van der Waals surface area contributed by atoms with Gasteiger partial charge in [0.1, 0.15) is 5.84 Å². The van der Waals surface area contributed by atoms with Gasteiger partial charge in [-0.3, -0.25) is 14.5 Å². The molecule has 0 aromatic heterocycles. The van der Waals surface area contributed by atoms with E-state index in [9.17, 15) is 9.59 Å². The lowest BCUT2D eigenvalue weighted by Crippen LogP contribution is -2.48. The number of nitrogens with two attached hydrogens (primary N) is 1. The predicted octanol–water partition coefficient (Wildman–Crippen LogP) is 4.07. The van der Waals surface area contributed by atoms with E-state index in [1.165, 1.54) is 5.56 Å². The van der Waals surface area contributed by atoms with E-state index < -0.39 is 0 Å². The van der Waals surface area contributed by atoms with Crippen molar-refractivity contribution in [2.45, 2.75) is 39.7 Å². The minimum Gasteiger partial charge on any atom is -0.387 e. The maximum absolute atomic E-state index is 13.3. The average Bonchev–Trinajstić information content (AvgIpc) is 3.06. The molecule has 2 aromatic carbocycles. The standard InChI is InChI=1S/C29H37N5O2/c1-3-12-33(13-4-2)29(36)25-18-23-10-11-24(19-26(23)31-27(30)20-25)28(35)34-16-14-32(15-17-34)21-22-8-6-5-7-9-22/h5-11,18-19H,3-4,12-17,20-21H2,1-2H3,(H2,30,31). The third-order valence-electron chi connectivity index (χ3n) is 6.70. The van der Waals surface area contributed by atoms with Crippen molar-refractivity contribution in [3.8, 4) is 0 Å². The molecule has 2 aromatic rings. The highest BCUT2D eigenvalue weighted by atomic mass is 16.2. The summed E-state index contributed by atoms with van der Waals surface area (Å²) in [4.78, 5) is 37.2. The van der Waals surface area contributed by atoms with Crippen LogP contribution in [0.15, 0.2) is 59.1 Å². The first-order valence-electron chi connectivity index (χ1n) is 13.0. The highest BCUT2D eigenvalue weighted by molar-refractivity contribution is 6.06. The summed E-state index contributed by atoms with van der Waals surface area (Å²) in [5.74, 6) is 0.408. The van der Waals surface area contributed by atoms with Crippen molar-refractivity contribution in [2.24, 2.45) is 10.7 Å². The number of rotatable bonds is 8. The summed E-state index contributed by atoms with van der Waals surface area (Å²) in [6.07, 6.45) is 4.01. The number of amidine groups is 1. The number of aliphatic imine (C=N–C) groups is 1.